The maximum absolute atomic E-state index is 11.9. The zero-order valence-corrected chi connectivity index (χ0v) is 12.6. The molecular formula is C14H24N2O4. The van der Waals surface area contributed by atoms with Gasteiger partial charge in [0.1, 0.15) is 0 Å². The molecule has 1 aliphatic heterocycles. The molecule has 0 aromatic rings. The first-order valence-electron chi connectivity index (χ1n) is 6.75. The molecule has 0 bridgehead atoms. The summed E-state index contributed by atoms with van der Waals surface area (Å²) in [6, 6.07) is 0. The SMILES string of the molecule is CC(C)=CCC[C@]1(C)OC(=O)N(CCC(N)=O)[C@]1(C)O. The molecule has 2 atom stereocenters. The summed E-state index contributed by atoms with van der Waals surface area (Å²) >= 11 is 0. The average molecular weight is 284 g/mol. The van der Waals surface area contributed by atoms with E-state index in [1.165, 1.54) is 17.4 Å². The summed E-state index contributed by atoms with van der Waals surface area (Å²) in [5.41, 5.74) is 3.78. The van der Waals surface area contributed by atoms with Crippen molar-refractivity contribution in [3.8, 4) is 0 Å². The molecule has 2 amide bonds. The molecule has 3 N–H and O–H groups in total. The summed E-state index contributed by atoms with van der Waals surface area (Å²) in [6.45, 7) is 7.26. The largest absolute Gasteiger partial charge is 0.438 e. The Kier molecular flexibility index (Phi) is 4.81. The Morgan fingerprint density at radius 2 is 2.05 bits per heavy atom. The van der Waals surface area contributed by atoms with Crippen molar-refractivity contribution in [2.75, 3.05) is 6.54 Å². The van der Waals surface area contributed by atoms with Crippen molar-refractivity contribution in [3.05, 3.63) is 11.6 Å². The van der Waals surface area contributed by atoms with Crippen LogP contribution in [0, 0.1) is 0 Å². The monoisotopic (exact) mass is 284 g/mol. The molecule has 0 radical (unpaired) electrons. The summed E-state index contributed by atoms with van der Waals surface area (Å²) in [7, 11) is 0. The molecule has 1 rings (SSSR count). The fraction of sp³-hybridized carbons (Fsp3) is 0.714. The Bertz CT molecular complexity index is 427. The number of hydrogen-bond donors (Lipinski definition) is 2. The third-order valence-electron chi connectivity index (χ3n) is 3.82. The number of allylic oxidation sites excluding steroid dienone is 2. The second-order valence-electron chi connectivity index (χ2n) is 5.81. The number of rotatable bonds is 6. The molecule has 0 saturated carbocycles. The minimum absolute atomic E-state index is 0.00466. The van der Waals surface area contributed by atoms with E-state index in [9.17, 15) is 14.7 Å². The number of hydrogen-bond acceptors (Lipinski definition) is 4. The van der Waals surface area contributed by atoms with E-state index in [0.717, 1.165) is 0 Å². The molecule has 0 unspecified atom stereocenters. The first kappa shape index (κ1) is 16.5. The molecule has 0 aromatic carbocycles. The van der Waals surface area contributed by atoms with E-state index in [4.69, 9.17) is 10.5 Å². The minimum atomic E-state index is -1.46. The maximum atomic E-state index is 11.9. The Balaban J connectivity index is 2.81. The van der Waals surface area contributed by atoms with Crippen LogP contribution in [0.5, 0.6) is 0 Å². The number of carbonyl (C=O) groups is 2. The van der Waals surface area contributed by atoms with Gasteiger partial charge in [-0.1, -0.05) is 11.6 Å². The molecule has 1 saturated heterocycles. The predicted octanol–water partition coefficient (Wildman–Crippen LogP) is 1.53. The number of nitrogens with two attached hydrogens (primary N) is 1. The van der Waals surface area contributed by atoms with Gasteiger partial charge in [0.15, 0.2) is 11.3 Å². The van der Waals surface area contributed by atoms with E-state index in [2.05, 4.69) is 0 Å². The van der Waals surface area contributed by atoms with Crippen molar-refractivity contribution in [2.24, 2.45) is 5.73 Å². The highest BCUT2D eigenvalue weighted by Crippen LogP contribution is 2.40. The van der Waals surface area contributed by atoms with Gasteiger partial charge in [0.25, 0.3) is 0 Å². The van der Waals surface area contributed by atoms with E-state index in [-0.39, 0.29) is 13.0 Å². The van der Waals surface area contributed by atoms with Crippen molar-refractivity contribution in [3.63, 3.8) is 0 Å². The molecule has 20 heavy (non-hydrogen) atoms. The third kappa shape index (κ3) is 3.30. The van der Waals surface area contributed by atoms with Crippen molar-refractivity contribution >= 4 is 12.0 Å². The molecular weight excluding hydrogens is 260 g/mol. The number of nitrogens with zero attached hydrogens (tertiary/aromatic N) is 1. The van der Waals surface area contributed by atoms with Gasteiger partial charge in [-0.15, -0.1) is 0 Å². The molecule has 0 aromatic heterocycles. The van der Waals surface area contributed by atoms with Gasteiger partial charge in [0, 0.05) is 13.0 Å². The second kappa shape index (κ2) is 5.83. The zero-order valence-electron chi connectivity index (χ0n) is 12.6. The van der Waals surface area contributed by atoms with Crippen LogP contribution in [0.2, 0.25) is 0 Å². The fourth-order valence-electron chi connectivity index (χ4n) is 2.26. The quantitative estimate of drug-likeness (QED) is 0.723. The lowest BCUT2D eigenvalue weighted by atomic mass is 9.88. The number of aliphatic hydroxyl groups is 1. The van der Waals surface area contributed by atoms with E-state index in [1.807, 2.05) is 19.9 Å². The van der Waals surface area contributed by atoms with Gasteiger partial charge in [-0.05, 0) is 40.5 Å². The Morgan fingerprint density at radius 3 is 2.55 bits per heavy atom. The van der Waals surface area contributed by atoms with Gasteiger partial charge in [-0.25, -0.2) is 4.79 Å². The lowest BCUT2D eigenvalue weighted by Crippen LogP contribution is -2.55. The average Bonchev–Trinajstić information content (AvgIpc) is 2.42. The van der Waals surface area contributed by atoms with Crippen LogP contribution < -0.4 is 5.73 Å². The fourth-order valence-corrected chi connectivity index (χ4v) is 2.26. The summed E-state index contributed by atoms with van der Waals surface area (Å²) in [5.74, 6) is -0.522. The predicted molar refractivity (Wildman–Crippen MR) is 74.7 cm³/mol. The Labute approximate surface area is 119 Å². The number of primary amides is 1. The van der Waals surface area contributed by atoms with Gasteiger partial charge in [0.05, 0.1) is 0 Å². The van der Waals surface area contributed by atoms with Crippen LogP contribution >= 0.6 is 0 Å². The molecule has 114 valence electrons. The zero-order chi connectivity index (χ0) is 15.6. The van der Waals surface area contributed by atoms with Crippen LogP contribution in [0.3, 0.4) is 0 Å². The first-order valence-corrected chi connectivity index (χ1v) is 6.75. The molecule has 0 aliphatic carbocycles. The van der Waals surface area contributed by atoms with E-state index < -0.39 is 23.3 Å². The van der Waals surface area contributed by atoms with Gasteiger partial charge in [-0.2, -0.15) is 0 Å². The van der Waals surface area contributed by atoms with Crippen molar-refractivity contribution in [1.82, 2.24) is 4.90 Å². The highest BCUT2D eigenvalue weighted by atomic mass is 16.6. The molecule has 1 fully saturated rings. The van der Waals surface area contributed by atoms with Crippen molar-refractivity contribution < 1.29 is 19.4 Å². The Hall–Kier alpha value is -1.56. The van der Waals surface area contributed by atoms with Crippen LogP contribution in [0.4, 0.5) is 4.79 Å². The first-order chi connectivity index (χ1) is 9.10. The molecule has 6 heteroatoms. The van der Waals surface area contributed by atoms with Crippen LogP contribution in [0.15, 0.2) is 11.6 Å². The summed E-state index contributed by atoms with van der Waals surface area (Å²) in [4.78, 5) is 23.9. The van der Waals surface area contributed by atoms with Crippen LogP contribution in [-0.2, 0) is 9.53 Å². The van der Waals surface area contributed by atoms with E-state index in [0.29, 0.717) is 12.8 Å². The van der Waals surface area contributed by atoms with Crippen molar-refractivity contribution in [1.29, 1.82) is 0 Å². The number of amides is 2. The standard InChI is InChI=1S/C14H24N2O4/c1-10(2)6-5-8-13(3)14(4,19)16(12(18)20-13)9-7-11(15)17/h6,19H,5,7-9H2,1-4H3,(H2,15,17)/t13-,14+/m0/s1. The van der Waals surface area contributed by atoms with E-state index >= 15 is 0 Å². The minimum Gasteiger partial charge on any atom is -0.438 e. The molecule has 0 spiro atoms. The van der Waals surface area contributed by atoms with Crippen LogP contribution in [0.25, 0.3) is 0 Å². The summed E-state index contributed by atoms with van der Waals surface area (Å²) in [5, 5.41) is 10.6. The van der Waals surface area contributed by atoms with E-state index in [1.54, 1.807) is 6.92 Å². The van der Waals surface area contributed by atoms with Gasteiger partial charge in [0.2, 0.25) is 5.91 Å². The normalized spacial score (nSPS) is 29.2. The number of carbonyl (C=O) groups excluding carboxylic acids is 2. The summed E-state index contributed by atoms with van der Waals surface area (Å²) < 4.78 is 5.35. The lowest BCUT2D eigenvalue weighted by molar-refractivity contribution is -0.140. The van der Waals surface area contributed by atoms with Gasteiger partial charge in [-0.3, -0.25) is 9.69 Å². The van der Waals surface area contributed by atoms with Gasteiger partial charge < -0.3 is 15.6 Å². The summed E-state index contributed by atoms with van der Waals surface area (Å²) in [6.07, 6.45) is 2.61. The smallest absolute Gasteiger partial charge is 0.412 e. The van der Waals surface area contributed by atoms with Crippen molar-refractivity contribution in [2.45, 2.75) is 58.3 Å². The highest BCUT2D eigenvalue weighted by molar-refractivity contribution is 5.76. The third-order valence-corrected chi connectivity index (χ3v) is 3.82. The van der Waals surface area contributed by atoms with Crippen LogP contribution in [0.1, 0.15) is 47.0 Å². The lowest BCUT2D eigenvalue weighted by Gasteiger charge is -2.37. The number of cyclic esters (lactones) is 1. The maximum Gasteiger partial charge on any atom is 0.412 e. The Morgan fingerprint density at radius 1 is 1.45 bits per heavy atom. The molecule has 6 nitrogen and oxygen atoms in total. The molecule has 1 heterocycles. The highest BCUT2D eigenvalue weighted by Gasteiger charge is 2.58. The van der Waals surface area contributed by atoms with Gasteiger partial charge >= 0.3 is 6.09 Å². The molecule has 1 aliphatic rings. The van der Waals surface area contributed by atoms with Crippen LogP contribution in [-0.4, -0.2) is 39.9 Å². The second-order valence-corrected chi connectivity index (χ2v) is 5.81. The topological polar surface area (TPSA) is 92.9 Å². The number of ether oxygens (including phenoxy) is 1.